The molecule has 172 valence electrons. The number of anilines is 1. The molecule has 0 spiro atoms. The smallest absolute Gasteiger partial charge is 0.241 e. The lowest BCUT2D eigenvalue weighted by Gasteiger charge is -2.27. The van der Waals surface area contributed by atoms with E-state index in [0.717, 1.165) is 24.3 Å². The van der Waals surface area contributed by atoms with Gasteiger partial charge in [-0.1, -0.05) is 41.4 Å². The van der Waals surface area contributed by atoms with Crippen LogP contribution in [0.15, 0.2) is 42.5 Å². The van der Waals surface area contributed by atoms with Crippen molar-refractivity contribution in [3.8, 4) is 5.75 Å². The minimum atomic E-state index is -0.348. The van der Waals surface area contributed by atoms with Gasteiger partial charge in [0.05, 0.1) is 28.9 Å². The number of hydrogen-bond donors (Lipinski definition) is 1. The molecule has 3 rings (SSSR count). The Morgan fingerprint density at radius 2 is 1.81 bits per heavy atom. The number of nitrogens with zero attached hydrogens (tertiary/aromatic N) is 2. The molecule has 0 saturated carbocycles. The van der Waals surface area contributed by atoms with Gasteiger partial charge in [0.1, 0.15) is 5.75 Å². The molecule has 6 nitrogen and oxygen atoms in total. The number of nitrogens with one attached hydrogen (secondary N) is 1. The standard InChI is InChI=1S/C24H29Cl2N3O3/c1-17(24(31)27-21-6-3-5-20(25)23(21)26)28-13-4-14-29(16-15-28)22(30)12-9-18-7-10-19(32-2)11-8-18/h3,5-8,10-11,17H,4,9,12-16H2,1-2H3,(H,27,31). The first-order valence-corrected chi connectivity index (χ1v) is 11.5. The Morgan fingerprint density at radius 3 is 2.53 bits per heavy atom. The monoisotopic (exact) mass is 477 g/mol. The first kappa shape index (κ1) is 24.4. The Morgan fingerprint density at radius 1 is 1.06 bits per heavy atom. The van der Waals surface area contributed by atoms with Crippen LogP contribution in [0.3, 0.4) is 0 Å². The largest absolute Gasteiger partial charge is 0.497 e. The van der Waals surface area contributed by atoms with Crippen molar-refractivity contribution in [1.82, 2.24) is 9.80 Å². The van der Waals surface area contributed by atoms with Crippen LogP contribution in [0.4, 0.5) is 5.69 Å². The average molecular weight is 478 g/mol. The number of hydrogen-bond acceptors (Lipinski definition) is 4. The maximum atomic E-state index is 12.8. The fourth-order valence-corrected chi connectivity index (χ4v) is 4.13. The van der Waals surface area contributed by atoms with E-state index >= 15 is 0 Å². The van der Waals surface area contributed by atoms with Crippen molar-refractivity contribution in [3.05, 3.63) is 58.1 Å². The molecule has 1 atom stereocenters. The summed E-state index contributed by atoms with van der Waals surface area (Å²) in [6.07, 6.45) is 1.99. The first-order valence-electron chi connectivity index (χ1n) is 10.8. The molecule has 8 heteroatoms. The summed E-state index contributed by atoms with van der Waals surface area (Å²) in [5.41, 5.74) is 1.61. The molecule has 1 heterocycles. The minimum Gasteiger partial charge on any atom is -0.497 e. The van der Waals surface area contributed by atoms with Gasteiger partial charge in [-0.25, -0.2) is 0 Å². The zero-order chi connectivity index (χ0) is 23.1. The maximum Gasteiger partial charge on any atom is 0.241 e. The highest BCUT2D eigenvalue weighted by molar-refractivity contribution is 6.44. The zero-order valence-electron chi connectivity index (χ0n) is 18.4. The number of carbonyl (C=O) groups excluding carboxylic acids is 2. The fraction of sp³-hybridized carbons (Fsp3) is 0.417. The summed E-state index contributed by atoms with van der Waals surface area (Å²) in [6.45, 7) is 4.57. The summed E-state index contributed by atoms with van der Waals surface area (Å²) < 4.78 is 5.17. The van der Waals surface area contributed by atoms with Crippen molar-refractivity contribution in [2.75, 3.05) is 38.6 Å². The fourth-order valence-electron chi connectivity index (χ4n) is 3.78. The number of ether oxygens (including phenoxy) is 1. The summed E-state index contributed by atoms with van der Waals surface area (Å²) in [7, 11) is 1.64. The van der Waals surface area contributed by atoms with E-state index in [-0.39, 0.29) is 17.9 Å². The van der Waals surface area contributed by atoms with Gasteiger partial charge < -0.3 is 15.0 Å². The van der Waals surface area contributed by atoms with Crippen LogP contribution in [0, 0.1) is 0 Å². The van der Waals surface area contributed by atoms with Crippen molar-refractivity contribution in [2.45, 2.75) is 32.2 Å². The molecule has 2 aromatic carbocycles. The number of methoxy groups -OCH3 is 1. The topological polar surface area (TPSA) is 61.9 Å². The van der Waals surface area contributed by atoms with Gasteiger partial charge in [0.2, 0.25) is 11.8 Å². The minimum absolute atomic E-state index is 0.144. The molecule has 1 fully saturated rings. The molecule has 0 aromatic heterocycles. The molecule has 0 aliphatic carbocycles. The van der Waals surface area contributed by atoms with Gasteiger partial charge in [-0.05, 0) is 49.6 Å². The Kier molecular flexibility index (Phi) is 8.79. The van der Waals surface area contributed by atoms with E-state index < -0.39 is 0 Å². The van der Waals surface area contributed by atoms with E-state index in [4.69, 9.17) is 27.9 Å². The molecule has 32 heavy (non-hydrogen) atoms. The zero-order valence-corrected chi connectivity index (χ0v) is 20.0. The third-order valence-electron chi connectivity index (χ3n) is 5.81. The van der Waals surface area contributed by atoms with Gasteiger partial charge in [-0.15, -0.1) is 0 Å². The summed E-state index contributed by atoms with van der Waals surface area (Å²) in [5, 5.41) is 3.59. The third-order valence-corrected chi connectivity index (χ3v) is 6.63. The highest BCUT2D eigenvalue weighted by Gasteiger charge is 2.26. The molecule has 0 bridgehead atoms. The van der Waals surface area contributed by atoms with E-state index in [1.165, 1.54) is 0 Å². The van der Waals surface area contributed by atoms with Gasteiger partial charge in [0, 0.05) is 32.6 Å². The van der Waals surface area contributed by atoms with Crippen molar-refractivity contribution in [3.63, 3.8) is 0 Å². The van der Waals surface area contributed by atoms with Gasteiger partial charge >= 0.3 is 0 Å². The van der Waals surface area contributed by atoms with Gasteiger partial charge in [-0.3, -0.25) is 14.5 Å². The molecule has 0 radical (unpaired) electrons. The highest BCUT2D eigenvalue weighted by atomic mass is 35.5. The molecular weight excluding hydrogens is 449 g/mol. The van der Waals surface area contributed by atoms with Crippen molar-refractivity contribution in [2.24, 2.45) is 0 Å². The second kappa shape index (κ2) is 11.5. The molecular formula is C24H29Cl2N3O3. The van der Waals surface area contributed by atoms with E-state index in [0.29, 0.717) is 48.2 Å². The predicted molar refractivity (Wildman–Crippen MR) is 129 cm³/mol. The lowest BCUT2D eigenvalue weighted by atomic mass is 10.1. The van der Waals surface area contributed by atoms with Crippen LogP contribution in [-0.4, -0.2) is 60.9 Å². The molecule has 1 aliphatic heterocycles. The first-order chi connectivity index (χ1) is 15.4. The second-order valence-electron chi connectivity index (χ2n) is 7.88. The van der Waals surface area contributed by atoms with Crippen LogP contribution in [0.5, 0.6) is 5.75 Å². The van der Waals surface area contributed by atoms with Crippen LogP contribution in [-0.2, 0) is 16.0 Å². The van der Waals surface area contributed by atoms with E-state index in [2.05, 4.69) is 10.2 Å². The van der Waals surface area contributed by atoms with Crippen molar-refractivity contribution in [1.29, 1.82) is 0 Å². The number of carbonyl (C=O) groups is 2. The summed E-state index contributed by atoms with van der Waals surface area (Å²) in [5.74, 6) is 0.808. The Balaban J connectivity index is 1.50. The normalized spacial score (nSPS) is 15.7. The van der Waals surface area contributed by atoms with E-state index in [1.807, 2.05) is 36.1 Å². The Hall–Kier alpha value is -2.28. The molecule has 1 aliphatic rings. The summed E-state index contributed by atoms with van der Waals surface area (Å²) >= 11 is 12.2. The van der Waals surface area contributed by atoms with E-state index in [1.54, 1.807) is 25.3 Å². The Labute approximate surface area is 199 Å². The number of benzene rings is 2. The number of amides is 2. The number of rotatable bonds is 7. The van der Waals surface area contributed by atoms with Crippen molar-refractivity contribution >= 4 is 40.7 Å². The molecule has 2 amide bonds. The van der Waals surface area contributed by atoms with E-state index in [9.17, 15) is 9.59 Å². The van der Waals surface area contributed by atoms with Crippen molar-refractivity contribution < 1.29 is 14.3 Å². The predicted octanol–water partition coefficient (Wildman–Crippen LogP) is 4.50. The van der Waals surface area contributed by atoms with Gasteiger partial charge in [0.15, 0.2) is 0 Å². The van der Waals surface area contributed by atoms with Gasteiger partial charge in [0.25, 0.3) is 0 Å². The number of aryl methyl sites for hydroxylation is 1. The Bertz CT molecular complexity index is 937. The van der Waals surface area contributed by atoms with Crippen LogP contribution >= 0.6 is 23.2 Å². The molecule has 1 unspecified atom stereocenters. The third kappa shape index (κ3) is 6.37. The van der Waals surface area contributed by atoms with Crippen LogP contribution in [0.2, 0.25) is 10.0 Å². The highest BCUT2D eigenvalue weighted by Crippen LogP contribution is 2.29. The summed E-state index contributed by atoms with van der Waals surface area (Å²) in [4.78, 5) is 29.5. The molecule has 1 N–H and O–H groups in total. The van der Waals surface area contributed by atoms with Crippen LogP contribution < -0.4 is 10.1 Å². The maximum absolute atomic E-state index is 12.8. The number of halogens is 2. The van der Waals surface area contributed by atoms with Crippen LogP contribution in [0.25, 0.3) is 0 Å². The lowest BCUT2D eigenvalue weighted by Crippen LogP contribution is -2.44. The lowest BCUT2D eigenvalue weighted by molar-refractivity contribution is -0.131. The molecule has 1 saturated heterocycles. The summed E-state index contributed by atoms with van der Waals surface area (Å²) in [6, 6.07) is 12.6. The molecule has 2 aromatic rings. The van der Waals surface area contributed by atoms with Gasteiger partial charge in [-0.2, -0.15) is 0 Å². The second-order valence-corrected chi connectivity index (χ2v) is 8.67. The average Bonchev–Trinajstić information content (AvgIpc) is 3.06. The SMILES string of the molecule is COc1ccc(CCC(=O)N2CCCN(C(C)C(=O)Nc3cccc(Cl)c3Cl)CC2)cc1. The quantitative estimate of drug-likeness (QED) is 0.637. The van der Waals surface area contributed by atoms with Crippen LogP contribution in [0.1, 0.15) is 25.3 Å².